The van der Waals surface area contributed by atoms with Crippen LogP contribution in [0.5, 0.6) is 5.75 Å². The zero-order valence-corrected chi connectivity index (χ0v) is 17.1. The summed E-state index contributed by atoms with van der Waals surface area (Å²) in [6.45, 7) is 5.13. The van der Waals surface area contributed by atoms with Crippen LogP contribution in [0.3, 0.4) is 0 Å². The minimum absolute atomic E-state index is 0. The van der Waals surface area contributed by atoms with Crippen molar-refractivity contribution in [2.24, 2.45) is 4.99 Å². The van der Waals surface area contributed by atoms with Crippen molar-refractivity contribution in [3.63, 3.8) is 0 Å². The molecule has 0 unspecified atom stereocenters. The molecule has 0 spiro atoms. The Morgan fingerprint density at radius 1 is 1.16 bits per heavy atom. The van der Waals surface area contributed by atoms with Crippen LogP contribution >= 0.6 is 24.0 Å². The predicted molar refractivity (Wildman–Crippen MR) is 110 cm³/mol. The molecule has 0 atom stereocenters. The van der Waals surface area contributed by atoms with E-state index in [9.17, 15) is 0 Å². The van der Waals surface area contributed by atoms with E-state index in [2.05, 4.69) is 31.9 Å². The molecule has 1 aromatic heterocycles. The van der Waals surface area contributed by atoms with Gasteiger partial charge in [-0.15, -0.1) is 34.2 Å². The van der Waals surface area contributed by atoms with Gasteiger partial charge < -0.3 is 19.9 Å². The monoisotopic (exact) mass is 458 g/mol. The second-order valence-electron chi connectivity index (χ2n) is 5.30. The number of para-hydroxylation sites is 1. The summed E-state index contributed by atoms with van der Waals surface area (Å²) in [5.74, 6) is 1.71. The van der Waals surface area contributed by atoms with Crippen LogP contribution in [0.25, 0.3) is 0 Å². The van der Waals surface area contributed by atoms with Gasteiger partial charge in [-0.2, -0.15) is 0 Å². The first-order chi connectivity index (χ1) is 11.8. The summed E-state index contributed by atoms with van der Waals surface area (Å²) in [5.41, 5.74) is 1.12. The van der Waals surface area contributed by atoms with E-state index in [0.29, 0.717) is 13.2 Å². The standard InChI is InChI=1S/C17H26N6O.HI/c1-3-24-16-9-5-4-8-15(16)12-20-17(18-2)19-10-6-7-11-23-13-21-22-14-23;/h4-5,8-9,13-14H,3,6-7,10-12H2,1-2H3,(H2,18,19,20);1H. The lowest BCUT2D eigenvalue weighted by Crippen LogP contribution is -2.37. The van der Waals surface area contributed by atoms with Crippen LogP contribution in [0.15, 0.2) is 41.9 Å². The van der Waals surface area contributed by atoms with Gasteiger partial charge in [0, 0.05) is 32.2 Å². The van der Waals surface area contributed by atoms with E-state index < -0.39 is 0 Å². The second kappa shape index (κ2) is 12.5. The van der Waals surface area contributed by atoms with Crippen LogP contribution < -0.4 is 15.4 Å². The molecular formula is C17H27IN6O. The molecule has 2 rings (SSSR count). The van der Waals surface area contributed by atoms with Gasteiger partial charge in [0.1, 0.15) is 18.4 Å². The topological polar surface area (TPSA) is 76.4 Å². The number of aryl methyl sites for hydroxylation is 1. The van der Waals surface area contributed by atoms with Gasteiger partial charge in [-0.25, -0.2) is 0 Å². The van der Waals surface area contributed by atoms with E-state index in [0.717, 1.165) is 43.2 Å². The molecule has 0 fully saturated rings. The third-order valence-corrected chi connectivity index (χ3v) is 3.54. The van der Waals surface area contributed by atoms with Crippen LogP contribution in [-0.2, 0) is 13.1 Å². The highest BCUT2D eigenvalue weighted by Gasteiger charge is 2.03. The van der Waals surface area contributed by atoms with Gasteiger partial charge in [-0.05, 0) is 25.8 Å². The third-order valence-electron chi connectivity index (χ3n) is 3.54. The fourth-order valence-electron chi connectivity index (χ4n) is 2.31. The zero-order valence-electron chi connectivity index (χ0n) is 14.8. The summed E-state index contributed by atoms with van der Waals surface area (Å²) in [6, 6.07) is 8.05. The molecule has 8 heteroatoms. The number of ether oxygens (including phenoxy) is 1. The summed E-state index contributed by atoms with van der Waals surface area (Å²) in [6.07, 6.45) is 5.59. The molecule has 0 aliphatic carbocycles. The molecule has 0 bridgehead atoms. The Balaban J connectivity index is 0.00000312. The van der Waals surface area contributed by atoms with Crippen molar-refractivity contribution in [3.05, 3.63) is 42.5 Å². The molecular weight excluding hydrogens is 431 g/mol. The molecule has 2 N–H and O–H groups in total. The van der Waals surface area contributed by atoms with Gasteiger partial charge in [-0.3, -0.25) is 4.99 Å². The Morgan fingerprint density at radius 3 is 2.64 bits per heavy atom. The highest BCUT2D eigenvalue weighted by molar-refractivity contribution is 14.0. The van der Waals surface area contributed by atoms with Crippen molar-refractivity contribution >= 4 is 29.9 Å². The van der Waals surface area contributed by atoms with Gasteiger partial charge in [0.15, 0.2) is 5.96 Å². The second-order valence-corrected chi connectivity index (χ2v) is 5.30. The molecule has 0 aliphatic heterocycles. The van der Waals surface area contributed by atoms with E-state index in [1.807, 2.05) is 29.7 Å². The lowest BCUT2D eigenvalue weighted by atomic mass is 10.2. The molecule has 2 aromatic rings. The molecule has 0 radical (unpaired) electrons. The molecule has 1 heterocycles. The van der Waals surface area contributed by atoms with E-state index in [-0.39, 0.29) is 24.0 Å². The molecule has 25 heavy (non-hydrogen) atoms. The smallest absolute Gasteiger partial charge is 0.191 e. The van der Waals surface area contributed by atoms with Gasteiger partial charge in [0.05, 0.1) is 6.61 Å². The summed E-state index contributed by atoms with van der Waals surface area (Å²) in [7, 11) is 1.78. The van der Waals surface area contributed by atoms with Crippen LogP contribution in [0.1, 0.15) is 25.3 Å². The van der Waals surface area contributed by atoms with Crippen molar-refractivity contribution in [2.75, 3.05) is 20.2 Å². The predicted octanol–water partition coefficient (Wildman–Crippen LogP) is 2.44. The van der Waals surface area contributed by atoms with Crippen LogP contribution in [0, 0.1) is 0 Å². The number of hydrogen-bond acceptors (Lipinski definition) is 4. The minimum atomic E-state index is 0. The van der Waals surface area contributed by atoms with Crippen molar-refractivity contribution < 1.29 is 4.74 Å². The number of rotatable bonds is 9. The molecule has 0 amide bonds. The number of unbranched alkanes of at least 4 members (excludes halogenated alkanes) is 1. The van der Waals surface area contributed by atoms with E-state index >= 15 is 0 Å². The first kappa shape index (κ1) is 21.2. The summed E-state index contributed by atoms with van der Waals surface area (Å²) in [4.78, 5) is 4.25. The lowest BCUT2D eigenvalue weighted by molar-refractivity contribution is 0.336. The zero-order chi connectivity index (χ0) is 17.0. The van der Waals surface area contributed by atoms with Crippen LogP contribution in [0.4, 0.5) is 0 Å². The Labute approximate surface area is 166 Å². The van der Waals surface area contributed by atoms with E-state index in [4.69, 9.17) is 4.74 Å². The van der Waals surface area contributed by atoms with E-state index in [1.54, 1.807) is 19.7 Å². The molecule has 138 valence electrons. The normalized spacial score (nSPS) is 10.9. The molecule has 7 nitrogen and oxygen atoms in total. The molecule has 1 aromatic carbocycles. The Hall–Kier alpha value is -1.84. The fourth-order valence-corrected chi connectivity index (χ4v) is 2.31. The Bertz CT molecular complexity index is 617. The number of aromatic nitrogens is 3. The average molecular weight is 458 g/mol. The largest absolute Gasteiger partial charge is 0.494 e. The van der Waals surface area contributed by atoms with E-state index in [1.165, 1.54) is 0 Å². The Morgan fingerprint density at radius 2 is 1.92 bits per heavy atom. The average Bonchev–Trinajstić information content (AvgIpc) is 3.12. The van der Waals surface area contributed by atoms with Gasteiger partial charge in [0.2, 0.25) is 0 Å². The molecule has 0 aliphatic rings. The van der Waals surface area contributed by atoms with Gasteiger partial charge in [-0.1, -0.05) is 18.2 Å². The summed E-state index contributed by atoms with van der Waals surface area (Å²) < 4.78 is 7.62. The first-order valence-corrected chi connectivity index (χ1v) is 8.31. The van der Waals surface area contributed by atoms with Crippen molar-refractivity contribution in [1.82, 2.24) is 25.4 Å². The maximum absolute atomic E-state index is 5.64. The van der Waals surface area contributed by atoms with Gasteiger partial charge in [0.25, 0.3) is 0 Å². The van der Waals surface area contributed by atoms with Crippen molar-refractivity contribution in [2.45, 2.75) is 32.9 Å². The summed E-state index contributed by atoms with van der Waals surface area (Å²) >= 11 is 0. The number of benzene rings is 1. The quantitative estimate of drug-likeness (QED) is 0.261. The highest BCUT2D eigenvalue weighted by atomic mass is 127. The highest BCUT2D eigenvalue weighted by Crippen LogP contribution is 2.17. The number of nitrogens with one attached hydrogen (secondary N) is 2. The van der Waals surface area contributed by atoms with Crippen LogP contribution in [-0.4, -0.2) is 40.9 Å². The summed E-state index contributed by atoms with van der Waals surface area (Å²) in [5, 5.41) is 14.2. The SMILES string of the molecule is CCOc1ccccc1CNC(=NC)NCCCCn1cnnc1.I. The van der Waals surface area contributed by atoms with Crippen LogP contribution in [0.2, 0.25) is 0 Å². The lowest BCUT2D eigenvalue weighted by Gasteiger charge is -2.14. The number of hydrogen-bond donors (Lipinski definition) is 2. The Kier molecular flexibility index (Phi) is 10.6. The molecule has 0 saturated heterocycles. The number of aliphatic imine (C=N–C) groups is 1. The number of guanidine groups is 1. The number of halogens is 1. The maximum Gasteiger partial charge on any atom is 0.191 e. The minimum Gasteiger partial charge on any atom is -0.494 e. The third kappa shape index (κ3) is 7.72. The van der Waals surface area contributed by atoms with Gasteiger partial charge >= 0.3 is 0 Å². The number of nitrogens with zero attached hydrogens (tertiary/aromatic N) is 4. The van der Waals surface area contributed by atoms with Crippen molar-refractivity contribution in [1.29, 1.82) is 0 Å². The first-order valence-electron chi connectivity index (χ1n) is 8.31. The van der Waals surface area contributed by atoms with Crippen molar-refractivity contribution in [3.8, 4) is 5.75 Å². The molecule has 0 saturated carbocycles. The maximum atomic E-state index is 5.64. The fraction of sp³-hybridized carbons (Fsp3) is 0.471.